The number of halogens is 1. The summed E-state index contributed by atoms with van der Waals surface area (Å²) in [6, 6.07) is 5.82. The molecule has 1 aliphatic rings. The molecule has 20 heavy (non-hydrogen) atoms. The van der Waals surface area contributed by atoms with Crippen LogP contribution in [-0.2, 0) is 14.3 Å². The van der Waals surface area contributed by atoms with E-state index in [0.29, 0.717) is 18.8 Å². The molecule has 0 bridgehead atoms. The summed E-state index contributed by atoms with van der Waals surface area (Å²) in [5, 5.41) is 2.71. The maximum absolute atomic E-state index is 13.2. The van der Waals surface area contributed by atoms with Gasteiger partial charge < -0.3 is 15.0 Å². The summed E-state index contributed by atoms with van der Waals surface area (Å²) in [5.41, 5.74) is 0.488. The Morgan fingerprint density at radius 3 is 3.05 bits per heavy atom. The zero-order valence-electron chi connectivity index (χ0n) is 11.3. The summed E-state index contributed by atoms with van der Waals surface area (Å²) in [6.07, 6.45) is 0.148. The molecule has 0 aromatic heterocycles. The first kappa shape index (κ1) is 14.5. The Hall–Kier alpha value is -1.95. The molecule has 1 aromatic rings. The fraction of sp³-hybridized carbons (Fsp3) is 0.429. The van der Waals surface area contributed by atoms with Gasteiger partial charge in [0.1, 0.15) is 5.82 Å². The highest BCUT2D eigenvalue weighted by atomic mass is 19.1. The van der Waals surface area contributed by atoms with Crippen molar-refractivity contribution in [2.45, 2.75) is 6.42 Å². The van der Waals surface area contributed by atoms with Crippen molar-refractivity contribution >= 4 is 17.5 Å². The number of rotatable bonds is 5. The van der Waals surface area contributed by atoms with E-state index < -0.39 is 11.7 Å². The van der Waals surface area contributed by atoms with E-state index >= 15 is 0 Å². The highest BCUT2D eigenvalue weighted by molar-refractivity contribution is 6.00. The van der Waals surface area contributed by atoms with Gasteiger partial charge in [-0.25, -0.2) is 4.39 Å². The second kappa shape index (κ2) is 6.47. The molecule has 2 rings (SSSR count). The summed E-state index contributed by atoms with van der Waals surface area (Å²) in [7, 11) is 1.55. The van der Waals surface area contributed by atoms with Gasteiger partial charge >= 0.3 is 0 Å². The zero-order valence-corrected chi connectivity index (χ0v) is 11.3. The van der Waals surface area contributed by atoms with Crippen molar-refractivity contribution in [3.8, 4) is 0 Å². The number of nitrogens with one attached hydrogen (secondary N) is 1. The molecule has 1 N–H and O–H groups in total. The van der Waals surface area contributed by atoms with Crippen LogP contribution in [0.3, 0.4) is 0 Å². The Labute approximate surface area is 116 Å². The van der Waals surface area contributed by atoms with Crippen LogP contribution in [0.2, 0.25) is 0 Å². The number of carbonyl (C=O) groups excluding carboxylic acids is 2. The third-order valence-electron chi connectivity index (χ3n) is 3.22. The minimum Gasteiger partial charge on any atom is -0.383 e. The lowest BCUT2D eigenvalue weighted by Gasteiger charge is -2.16. The van der Waals surface area contributed by atoms with E-state index in [1.807, 2.05) is 0 Å². The highest BCUT2D eigenvalue weighted by Gasteiger charge is 2.34. The number of nitrogens with zero attached hydrogens (tertiary/aromatic N) is 1. The van der Waals surface area contributed by atoms with Gasteiger partial charge in [0.2, 0.25) is 11.8 Å². The van der Waals surface area contributed by atoms with Crippen molar-refractivity contribution in [2.75, 3.05) is 31.7 Å². The third kappa shape index (κ3) is 3.33. The quantitative estimate of drug-likeness (QED) is 0.817. The SMILES string of the molecule is COCCNC(=O)C1CC(=O)N(c2cccc(F)c2)C1. The molecule has 2 amide bonds. The molecule has 0 radical (unpaired) electrons. The van der Waals surface area contributed by atoms with Crippen molar-refractivity contribution < 1.29 is 18.7 Å². The Balaban J connectivity index is 1.98. The monoisotopic (exact) mass is 280 g/mol. The van der Waals surface area contributed by atoms with E-state index in [4.69, 9.17) is 4.74 Å². The first-order valence-corrected chi connectivity index (χ1v) is 6.44. The zero-order chi connectivity index (χ0) is 14.5. The average Bonchev–Trinajstić information content (AvgIpc) is 2.81. The van der Waals surface area contributed by atoms with Crippen molar-refractivity contribution in [1.82, 2.24) is 5.32 Å². The van der Waals surface area contributed by atoms with Crippen molar-refractivity contribution in [3.05, 3.63) is 30.1 Å². The van der Waals surface area contributed by atoms with Gasteiger partial charge in [0.25, 0.3) is 0 Å². The lowest BCUT2D eigenvalue weighted by molar-refractivity contribution is -0.126. The van der Waals surface area contributed by atoms with Gasteiger partial charge in [0.15, 0.2) is 0 Å². The molecule has 1 unspecified atom stereocenters. The Morgan fingerprint density at radius 2 is 2.35 bits per heavy atom. The van der Waals surface area contributed by atoms with Gasteiger partial charge in [-0.3, -0.25) is 9.59 Å². The molecule has 1 fully saturated rings. The van der Waals surface area contributed by atoms with E-state index in [-0.39, 0.29) is 24.8 Å². The average molecular weight is 280 g/mol. The van der Waals surface area contributed by atoms with Crippen LogP contribution in [-0.4, -0.2) is 38.6 Å². The van der Waals surface area contributed by atoms with Crippen LogP contribution in [0.4, 0.5) is 10.1 Å². The summed E-state index contributed by atoms with van der Waals surface area (Å²) >= 11 is 0. The van der Waals surface area contributed by atoms with E-state index in [1.54, 1.807) is 19.2 Å². The summed E-state index contributed by atoms with van der Waals surface area (Å²) in [4.78, 5) is 25.3. The topological polar surface area (TPSA) is 58.6 Å². The molecule has 5 nitrogen and oxygen atoms in total. The van der Waals surface area contributed by atoms with Crippen LogP contribution in [0.15, 0.2) is 24.3 Å². The lowest BCUT2D eigenvalue weighted by atomic mass is 10.1. The van der Waals surface area contributed by atoms with Crippen LogP contribution >= 0.6 is 0 Å². The summed E-state index contributed by atoms with van der Waals surface area (Å²) in [6.45, 7) is 1.13. The first-order valence-electron chi connectivity index (χ1n) is 6.44. The van der Waals surface area contributed by atoms with Crippen LogP contribution in [0, 0.1) is 11.7 Å². The first-order chi connectivity index (χ1) is 9.61. The van der Waals surface area contributed by atoms with E-state index in [1.165, 1.54) is 17.0 Å². The van der Waals surface area contributed by atoms with Crippen LogP contribution in [0.1, 0.15) is 6.42 Å². The number of carbonyl (C=O) groups is 2. The molecule has 1 aliphatic heterocycles. The number of anilines is 1. The molecule has 1 heterocycles. The standard InChI is InChI=1S/C14H17FN2O3/c1-20-6-5-16-14(19)10-7-13(18)17(9-10)12-4-2-3-11(15)8-12/h2-4,8,10H,5-7,9H2,1H3,(H,16,19). The normalized spacial score (nSPS) is 18.4. The molecule has 6 heteroatoms. The van der Waals surface area contributed by atoms with Crippen molar-refractivity contribution in [3.63, 3.8) is 0 Å². The summed E-state index contributed by atoms with van der Waals surface area (Å²) < 4.78 is 18.0. The number of hydrogen-bond donors (Lipinski definition) is 1. The molecular weight excluding hydrogens is 263 g/mol. The second-order valence-electron chi connectivity index (χ2n) is 4.67. The fourth-order valence-electron chi connectivity index (χ4n) is 2.20. The van der Waals surface area contributed by atoms with Crippen LogP contribution in [0.5, 0.6) is 0 Å². The second-order valence-corrected chi connectivity index (χ2v) is 4.67. The molecule has 1 saturated heterocycles. The number of ether oxygens (including phenoxy) is 1. The Kier molecular flexibility index (Phi) is 4.68. The van der Waals surface area contributed by atoms with Gasteiger partial charge in [-0.2, -0.15) is 0 Å². The van der Waals surface area contributed by atoms with Gasteiger partial charge in [0, 0.05) is 32.3 Å². The Morgan fingerprint density at radius 1 is 1.55 bits per heavy atom. The van der Waals surface area contributed by atoms with Gasteiger partial charge in [-0.05, 0) is 18.2 Å². The number of methoxy groups -OCH3 is 1. The number of benzene rings is 1. The minimum absolute atomic E-state index is 0.148. The van der Waals surface area contributed by atoms with E-state index in [9.17, 15) is 14.0 Å². The fourth-order valence-corrected chi connectivity index (χ4v) is 2.20. The van der Waals surface area contributed by atoms with E-state index in [2.05, 4.69) is 5.32 Å². The van der Waals surface area contributed by atoms with Gasteiger partial charge in [-0.1, -0.05) is 6.07 Å². The molecule has 1 aromatic carbocycles. The molecule has 0 aliphatic carbocycles. The smallest absolute Gasteiger partial charge is 0.227 e. The molecule has 1 atom stereocenters. The predicted octanol–water partition coefficient (Wildman–Crippen LogP) is 0.941. The lowest BCUT2D eigenvalue weighted by Crippen LogP contribution is -2.34. The molecule has 0 saturated carbocycles. The van der Waals surface area contributed by atoms with Crippen molar-refractivity contribution in [1.29, 1.82) is 0 Å². The van der Waals surface area contributed by atoms with Crippen LogP contribution in [0.25, 0.3) is 0 Å². The molecular formula is C14H17FN2O3. The predicted molar refractivity (Wildman–Crippen MR) is 71.7 cm³/mol. The minimum atomic E-state index is -0.400. The third-order valence-corrected chi connectivity index (χ3v) is 3.22. The Bertz CT molecular complexity index is 507. The van der Waals surface area contributed by atoms with Gasteiger partial charge in [0.05, 0.1) is 12.5 Å². The molecule has 0 spiro atoms. The number of hydrogen-bond acceptors (Lipinski definition) is 3. The maximum atomic E-state index is 13.2. The van der Waals surface area contributed by atoms with E-state index in [0.717, 1.165) is 0 Å². The molecule has 108 valence electrons. The van der Waals surface area contributed by atoms with Crippen molar-refractivity contribution in [2.24, 2.45) is 5.92 Å². The summed E-state index contributed by atoms with van der Waals surface area (Å²) in [5.74, 6) is -1.14. The maximum Gasteiger partial charge on any atom is 0.227 e. The largest absolute Gasteiger partial charge is 0.383 e. The van der Waals surface area contributed by atoms with Crippen LogP contribution < -0.4 is 10.2 Å². The highest BCUT2D eigenvalue weighted by Crippen LogP contribution is 2.25. The number of amides is 2. The van der Waals surface area contributed by atoms with Gasteiger partial charge in [-0.15, -0.1) is 0 Å².